The van der Waals surface area contributed by atoms with Gasteiger partial charge in [-0.25, -0.2) is 4.79 Å². The highest BCUT2D eigenvalue weighted by Gasteiger charge is 2.56. The Morgan fingerprint density at radius 2 is 1.97 bits per heavy atom. The molecule has 5 amide bonds. The third-order valence-electron chi connectivity index (χ3n) is 7.64. The van der Waals surface area contributed by atoms with Gasteiger partial charge in [0.15, 0.2) is 0 Å². The maximum absolute atomic E-state index is 13.6. The maximum atomic E-state index is 13.6. The highest BCUT2D eigenvalue weighted by molar-refractivity contribution is 6.10. The van der Waals surface area contributed by atoms with E-state index in [2.05, 4.69) is 10.6 Å². The van der Waals surface area contributed by atoms with Crippen molar-refractivity contribution in [3.8, 4) is 6.07 Å². The fraction of sp³-hybridized carbons (Fsp3) is 0.393. The van der Waals surface area contributed by atoms with Gasteiger partial charge in [-0.05, 0) is 67.3 Å². The van der Waals surface area contributed by atoms with Crippen molar-refractivity contribution in [3.05, 3.63) is 65.2 Å². The molecule has 2 N–H and O–H groups in total. The molecule has 1 spiro atoms. The number of hydrogen-bond donors (Lipinski definition) is 2. The Hall–Kier alpha value is -4.19. The average molecular weight is 500 g/mol. The van der Waals surface area contributed by atoms with Gasteiger partial charge in [0.2, 0.25) is 11.8 Å². The highest BCUT2D eigenvalue weighted by atomic mass is 16.2. The zero-order chi connectivity index (χ0) is 26.2. The number of urea groups is 1. The summed E-state index contributed by atoms with van der Waals surface area (Å²) in [5.74, 6) is -0.653. The Bertz CT molecular complexity index is 1300. The number of amides is 5. The van der Waals surface area contributed by atoms with Gasteiger partial charge in [0.1, 0.15) is 18.5 Å². The van der Waals surface area contributed by atoms with Crippen LogP contribution in [0.3, 0.4) is 0 Å². The predicted molar refractivity (Wildman–Crippen MR) is 135 cm³/mol. The number of aryl methyl sites for hydroxylation is 1. The fourth-order valence-electron chi connectivity index (χ4n) is 5.45. The van der Waals surface area contributed by atoms with Crippen molar-refractivity contribution in [1.29, 1.82) is 5.26 Å². The van der Waals surface area contributed by atoms with Gasteiger partial charge in [0.25, 0.3) is 5.91 Å². The third-order valence-corrected chi connectivity index (χ3v) is 7.64. The van der Waals surface area contributed by atoms with E-state index in [1.165, 1.54) is 0 Å². The Balaban J connectivity index is 1.34. The van der Waals surface area contributed by atoms with E-state index in [0.29, 0.717) is 36.6 Å². The van der Waals surface area contributed by atoms with E-state index in [0.717, 1.165) is 28.9 Å². The van der Waals surface area contributed by atoms with Crippen molar-refractivity contribution in [1.82, 2.24) is 15.1 Å². The monoisotopic (exact) mass is 499 g/mol. The first-order chi connectivity index (χ1) is 17.8. The molecule has 2 fully saturated rings. The molecular formula is C28H29N5O4. The number of nitriles is 1. The molecule has 9 nitrogen and oxygen atoms in total. The van der Waals surface area contributed by atoms with Crippen LogP contribution in [0.5, 0.6) is 0 Å². The van der Waals surface area contributed by atoms with Crippen LogP contribution in [-0.2, 0) is 32.9 Å². The molecule has 1 aliphatic heterocycles. The third kappa shape index (κ3) is 4.67. The van der Waals surface area contributed by atoms with Crippen LogP contribution in [0.2, 0.25) is 0 Å². The SMILES string of the molecule is C[C@@H](C1CC1)N(Cc1ccccc1)C(=O)CN1C(=O)N[C@]2(CCc3cc(NC(=O)CC#N)ccc32)C1=O. The Kier molecular flexibility index (Phi) is 6.42. The molecule has 0 bridgehead atoms. The van der Waals surface area contributed by atoms with Crippen molar-refractivity contribution < 1.29 is 19.2 Å². The first-order valence-corrected chi connectivity index (χ1v) is 12.6. The lowest BCUT2D eigenvalue weighted by atomic mass is 9.91. The van der Waals surface area contributed by atoms with Gasteiger partial charge in [-0.15, -0.1) is 0 Å². The summed E-state index contributed by atoms with van der Waals surface area (Å²) in [6.45, 7) is 2.15. The zero-order valence-electron chi connectivity index (χ0n) is 20.7. The second-order valence-corrected chi connectivity index (χ2v) is 10.1. The number of carbonyl (C=O) groups excluding carboxylic acids is 4. The van der Waals surface area contributed by atoms with E-state index >= 15 is 0 Å². The van der Waals surface area contributed by atoms with Crippen molar-refractivity contribution in [2.45, 2.75) is 57.2 Å². The smallest absolute Gasteiger partial charge is 0.325 e. The molecule has 0 radical (unpaired) electrons. The van der Waals surface area contributed by atoms with Crippen molar-refractivity contribution in [2.75, 3.05) is 11.9 Å². The second-order valence-electron chi connectivity index (χ2n) is 10.1. The molecule has 0 unspecified atom stereocenters. The van der Waals surface area contributed by atoms with Gasteiger partial charge < -0.3 is 15.5 Å². The van der Waals surface area contributed by atoms with Gasteiger partial charge in [0.05, 0.1) is 6.07 Å². The topological polar surface area (TPSA) is 123 Å². The summed E-state index contributed by atoms with van der Waals surface area (Å²) in [5.41, 5.74) is 1.83. The Labute approximate surface area is 215 Å². The van der Waals surface area contributed by atoms with Crippen molar-refractivity contribution >= 4 is 29.4 Å². The molecule has 2 aromatic carbocycles. The molecule has 2 atom stereocenters. The summed E-state index contributed by atoms with van der Waals surface area (Å²) >= 11 is 0. The zero-order valence-corrected chi connectivity index (χ0v) is 20.7. The molecule has 3 aliphatic rings. The number of rotatable bonds is 8. The highest BCUT2D eigenvalue weighted by Crippen LogP contribution is 2.42. The largest absolute Gasteiger partial charge is 0.334 e. The lowest BCUT2D eigenvalue weighted by molar-refractivity contribution is -0.141. The number of fused-ring (bicyclic) bond motifs is 2. The molecule has 9 heteroatoms. The van der Waals surface area contributed by atoms with Crippen molar-refractivity contribution in [2.24, 2.45) is 5.92 Å². The number of carbonyl (C=O) groups is 4. The molecular weight excluding hydrogens is 470 g/mol. The minimum Gasteiger partial charge on any atom is -0.334 e. The number of anilines is 1. The Morgan fingerprint density at radius 1 is 1.22 bits per heavy atom. The van der Waals surface area contributed by atoms with Gasteiger partial charge in [-0.3, -0.25) is 19.3 Å². The molecule has 37 heavy (non-hydrogen) atoms. The molecule has 1 saturated heterocycles. The van der Waals surface area contributed by atoms with Crippen LogP contribution >= 0.6 is 0 Å². The van der Waals surface area contributed by atoms with Crippen LogP contribution in [-0.4, -0.2) is 46.1 Å². The first-order valence-electron chi connectivity index (χ1n) is 12.6. The summed E-state index contributed by atoms with van der Waals surface area (Å²) < 4.78 is 0. The summed E-state index contributed by atoms with van der Waals surface area (Å²) in [6.07, 6.45) is 2.80. The van der Waals surface area contributed by atoms with Gasteiger partial charge in [-0.1, -0.05) is 36.4 Å². The minimum atomic E-state index is -1.21. The van der Waals surface area contributed by atoms with Gasteiger partial charge in [-0.2, -0.15) is 5.26 Å². The molecule has 1 saturated carbocycles. The second kappa shape index (κ2) is 9.69. The number of imide groups is 1. The number of benzene rings is 2. The lowest BCUT2D eigenvalue weighted by Crippen LogP contribution is -2.47. The molecule has 5 rings (SSSR count). The lowest BCUT2D eigenvalue weighted by Gasteiger charge is -2.31. The normalized spacial score (nSPS) is 20.8. The number of nitrogens with zero attached hydrogens (tertiary/aromatic N) is 3. The van der Waals surface area contributed by atoms with Gasteiger partial charge in [0, 0.05) is 18.3 Å². The van der Waals surface area contributed by atoms with E-state index in [-0.39, 0.29) is 24.9 Å². The van der Waals surface area contributed by atoms with Crippen LogP contribution < -0.4 is 10.6 Å². The fourth-order valence-corrected chi connectivity index (χ4v) is 5.45. The van der Waals surface area contributed by atoms with E-state index < -0.39 is 23.4 Å². The van der Waals surface area contributed by atoms with Gasteiger partial charge >= 0.3 is 6.03 Å². The van der Waals surface area contributed by atoms with Crippen LogP contribution in [0.25, 0.3) is 0 Å². The standard InChI is InChI=1S/C28H29N5O4/c1-18(20-7-8-20)32(16-19-5-3-2-4-6-19)25(35)17-33-26(36)28(31-27(33)37)13-11-21-15-22(9-10-23(21)28)30-24(34)12-14-29/h2-6,9-10,15,18,20H,7-8,11-13,16-17H2,1H3,(H,30,34)(H,31,37)/t18-,28-/m0/s1. The van der Waals surface area contributed by atoms with Crippen LogP contribution in [0.1, 0.15) is 49.3 Å². The van der Waals surface area contributed by atoms with Crippen molar-refractivity contribution in [3.63, 3.8) is 0 Å². The molecule has 2 aromatic rings. The maximum Gasteiger partial charge on any atom is 0.325 e. The van der Waals surface area contributed by atoms with Crippen LogP contribution in [0, 0.1) is 17.2 Å². The molecule has 1 heterocycles. The summed E-state index contributed by atoms with van der Waals surface area (Å²) in [7, 11) is 0. The number of hydrogen-bond acceptors (Lipinski definition) is 5. The first kappa shape index (κ1) is 24.5. The minimum absolute atomic E-state index is 0.0179. The Morgan fingerprint density at radius 3 is 2.68 bits per heavy atom. The van der Waals surface area contributed by atoms with Crippen LogP contribution in [0.4, 0.5) is 10.5 Å². The molecule has 0 aromatic heterocycles. The van der Waals surface area contributed by atoms with E-state index in [9.17, 15) is 19.2 Å². The quantitative estimate of drug-likeness (QED) is 0.541. The summed E-state index contributed by atoms with van der Waals surface area (Å²) in [6, 6.07) is 16.1. The summed E-state index contributed by atoms with van der Waals surface area (Å²) in [5, 5.41) is 14.2. The van der Waals surface area contributed by atoms with E-state index in [1.54, 1.807) is 23.1 Å². The van der Waals surface area contributed by atoms with Crippen LogP contribution in [0.15, 0.2) is 48.5 Å². The van der Waals surface area contributed by atoms with E-state index in [4.69, 9.17) is 5.26 Å². The average Bonchev–Trinajstić information content (AvgIpc) is 3.64. The molecule has 2 aliphatic carbocycles. The summed E-state index contributed by atoms with van der Waals surface area (Å²) in [4.78, 5) is 54.8. The molecule has 190 valence electrons. The number of nitrogens with one attached hydrogen (secondary N) is 2. The van der Waals surface area contributed by atoms with E-state index in [1.807, 2.05) is 43.3 Å². The predicted octanol–water partition coefficient (Wildman–Crippen LogP) is 3.06.